The lowest BCUT2D eigenvalue weighted by Crippen LogP contribution is -2.03. The van der Waals surface area contributed by atoms with Crippen LogP contribution in [0.3, 0.4) is 0 Å². The quantitative estimate of drug-likeness (QED) is 0.243. The van der Waals surface area contributed by atoms with Gasteiger partial charge in [-0.2, -0.15) is 5.10 Å². The SMILES string of the molecule is C=CCn1c(SCn2cc([N+](=O)[O-])cn2)nnc1-c1cc(Cl)ccc1OC. The van der Waals surface area contributed by atoms with Crippen molar-refractivity contribution in [1.82, 2.24) is 24.5 Å². The van der Waals surface area contributed by atoms with Crippen molar-refractivity contribution in [3.63, 3.8) is 0 Å². The van der Waals surface area contributed by atoms with Crippen molar-refractivity contribution in [3.8, 4) is 17.1 Å². The molecule has 3 rings (SSSR count). The average Bonchev–Trinajstić information content (AvgIpc) is 3.27. The molecule has 11 heteroatoms. The lowest BCUT2D eigenvalue weighted by atomic mass is 10.2. The number of methoxy groups -OCH3 is 1. The molecule has 2 aromatic heterocycles. The minimum atomic E-state index is -0.488. The van der Waals surface area contributed by atoms with E-state index in [9.17, 15) is 10.1 Å². The molecule has 140 valence electrons. The fourth-order valence-corrected chi connectivity index (χ4v) is 3.36. The van der Waals surface area contributed by atoms with E-state index in [2.05, 4.69) is 21.9 Å². The summed E-state index contributed by atoms with van der Waals surface area (Å²) in [6.45, 7) is 4.25. The Kier molecular flexibility index (Phi) is 5.77. The lowest BCUT2D eigenvalue weighted by Gasteiger charge is -2.11. The van der Waals surface area contributed by atoms with Crippen LogP contribution in [0.5, 0.6) is 5.75 Å². The van der Waals surface area contributed by atoms with Gasteiger partial charge in [-0.05, 0) is 18.2 Å². The van der Waals surface area contributed by atoms with Gasteiger partial charge in [0.05, 0.1) is 23.5 Å². The second kappa shape index (κ2) is 8.23. The number of benzene rings is 1. The number of thioether (sulfide) groups is 1. The topological polar surface area (TPSA) is 101 Å². The number of hydrogen-bond donors (Lipinski definition) is 0. The van der Waals surface area contributed by atoms with Gasteiger partial charge in [-0.25, -0.2) is 0 Å². The monoisotopic (exact) mass is 406 g/mol. The molecule has 0 aliphatic heterocycles. The van der Waals surface area contributed by atoms with Crippen LogP contribution >= 0.6 is 23.4 Å². The first kappa shape index (κ1) is 18.9. The van der Waals surface area contributed by atoms with Gasteiger partial charge in [0.25, 0.3) is 0 Å². The minimum Gasteiger partial charge on any atom is -0.496 e. The normalized spacial score (nSPS) is 10.7. The molecule has 0 amide bonds. The molecule has 0 saturated heterocycles. The fraction of sp³-hybridized carbons (Fsp3) is 0.188. The van der Waals surface area contributed by atoms with Gasteiger partial charge in [0.1, 0.15) is 18.1 Å². The predicted octanol–water partition coefficient (Wildman–Crippen LogP) is 3.65. The molecule has 0 radical (unpaired) electrons. The van der Waals surface area contributed by atoms with Gasteiger partial charge in [-0.3, -0.25) is 19.4 Å². The number of nitrogens with zero attached hydrogens (tertiary/aromatic N) is 6. The summed E-state index contributed by atoms with van der Waals surface area (Å²) >= 11 is 7.47. The highest BCUT2D eigenvalue weighted by Crippen LogP contribution is 2.33. The van der Waals surface area contributed by atoms with Crippen LogP contribution in [0.1, 0.15) is 0 Å². The lowest BCUT2D eigenvalue weighted by molar-refractivity contribution is -0.385. The van der Waals surface area contributed by atoms with Gasteiger partial charge in [0.2, 0.25) is 0 Å². The zero-order valence-corrected chi connectivity index (χ0v) is 15.9. The number of aromatic nitrogens is 5. The fourth-order valence-electron chi connectivity index (χ4n) is 2.38. The smallest absolute Gasteiger partial charge is 0.307 e. The van der Waals surface area contributed by atoms with E-state index in [1.807, 2.05) is 4.57 Å². The van der Waals surface area contributed by atoms with Crippen LogP contribution in [0.25, 0.3) is 11.4 Å². The third-order valence-corrected chi connectivity index (χ3v) is 4.78. The van der Waals surface area contributed by atoms with Gasteiger partial charge in [0, 0.05) is 11.6 Å². The summed E-state index contributed by atoms with van der Waals surface area (Å²) in [4.78, 5) is 10.3. The number of halogens is 1. The Morgan fingerprint density at radius 2 is 2.26 bits per heavy atom. The highest BCUT2D eigenvalue weighted by atomic mass is 35.5. The molecule has 3 aromatic rings. The summed E-state index contributed by atoms with van der Waals surface area (Å²) in [6.07, 6.45) is 4.30. The summed E-state index contributed by atoms with van der Waals surface area (Å²) in [5, 5.41) is 24.4. The highest BCUT2D eigenvalue weighted by Gasteiger charge is 2.18. The van der Waals surface area contributed by atoms with E-state index in [0.717, 1.165) is 0 Å². The summed E-state index contributed by atoms with van der Waals surface area (Å²) < 4.78 is 8.73. The number of nitro groups is 1. The molecule has 1 aromatic carbocycles. The van der Waals surface area contributed by atoms with Gasteiger partial charge in [0.15, 0.2) is 11.0 Å². The Morgan fingerprint density at radius 1 is 1.44 bits per heavy atom. The average molecular weight is 407 g/mol. The van der Waals surface area contributed by atoms with Crippen molar-refractivity contribution in [2.45, 2.75) is 17.6 Å². The molecular weight excluding hydrogens is 392 g/mol. The number of hydrogen-bond acceptors (Lipinski definition) is 7. The van der Waals surface area contributed by atoms with E-state index < -0.39 is 4.92 Å². The number of ether oxygens (including phenoxy) is 1. The number of rotatable bonds is 8. The standard InChI is InChI=1S/C16H15ClN6O3S/c1-3-6-22-15(13-7-11(17)4-5-14(13)26-2)19-20-16(22)27-10-21-9-12(8-18-21)23(24)25/h3-5,7-9H,1,6,10H2,2H3. The first-order valence-electron chi connectivity index (χ1n) is 7.71. The van der Waals surface area contributed by atoms with Crippen LogP contribution in [0.2, 0.25) is 5.02 Å². The summed E-state index contributed by atoms with van der Waals surface area (Å²) in [5.74, 6) is 1.55. The van der Waals surface area contributed by atoms with Crippen LogP contribution in [-0.2, 0) is 12.4 Å². The molecule has 0 aliphatic rings. The van der Waals surface area contributed by atoms with Crippen LogP contribution in [-0.4, -0.2) is 36.6 Å². The molecule has 0 N–H and O–H groups in total. The van der Waals surface area contributed by atoms with Crippen molar-refractivity contribution in [3.05, 3.63) is 58.4 Å². The predicted molar refractivity (Wildman–Crippen MR) is 102 cm³/mol. The van der Waals surface area contributed by atoms with Gasteiger partial charge >= 0.3 is 5.69 Å². The van der Waals surface area contributed by atoms with E-state index >= 15 is 0 Å². The Balaban J connectivity index is 1.90. The molecule has 0 atom stereocenters. The summed E-state index contributed by atoms with van der Waals surface area (Å²) in [5.41, 5.74) is 0.647. The van der Waals surface area contributed by atoms with Crippen molar-refractivity contribution in [2.24, 2.45) is 0 Å². The summed E-state index contributed by atoms with van der Waals surface area (Å²) in [7, 11) is 1.57. The van der Waals surface area contributed by atoms with Crippen LogP contribution in [0.4, 0.5) is 5.69 Å². The van der Waals surface area contributed by atoms with Crippen LogP contribution in [0, 0.1) is 10.1 Å². The molecule has 0 unspecified atom stereocenters. The molecule has 0 spiro atoms. The van der Waals surface area contributed by atoms with Gasteiger partial charge in [-0.1, -0.05) is 29.4 Å². The third kappa shape index (κ3) is 4.12. The Morgan fingerprint density at radius 3 is 2.93 bits per heavy atom. The van der Waals surface area contributed by atoms with E-state index in [4.69, 9.17) is 16.3 Å². The molecule has 0 aliphatic carbocycles. The van der Waals surface area contributed by atoms with E-state index in [1.165, 1.54) is 28.8 Å². The van der Waals surface area contributed by atoms with Gasteiger partial charge < -0.3 is 4.74 Å². The number of allylic oxidation sites excluding steroid dienone is 1. The summed E-state index contributed by atoms with van der Waals surface area (Å²) in [6, 6.07) is 5.26. The van der Waals surface area contributed by atoms with E-state index in [1.54, 1.807) is 31.4 Å². The van der Waals surface area contributed by atoms with Crippen LogP contribution < -0.4 is 4.74 Å². The van der Waals surface area contributed by atoms with E-state index in [-0.39, 0.29) is 5.69 Å². The molecule has 9 nitrogen and oxygen atoms in total. The maximum atomic E-state index is 10.8. The maximum Gasteiger partial charge on any atom is 0.307 e. The van der Waals surface area contributed by atoms with E-state index in [0.29, 0.717) is 39.7 Å². The minimum absolute atomic E-state index is 0.0625. The Labute approximate surface area is 163 Å². The second-order valence-electron chi connectivity index (χ2n) is 5.32. The molecule has 0 fully saturated rings. The molecular formula is C16H15ClN6O3S. The molecule has 27 heavy (non-hydrogen) atoms. The molecule has 0 saturated carbocycles. The first-order valence-corrected chi connectivity index (χ1v) is 9.07. The molecule has 2 heterocycles. The van der Waals surface area contributed by atoms with Crippen molar-refractivity contribution < 1.29 is 9.66 Å². The third-order valence-electron chi connectivity index (χ3n) is 3.59. The van der Waals surface area contributed by atoms with Gasteiger partial charge in [-0.15, -0.1) is 16.8 Å². The second-order valence-corrected chi connectivity index (χ2v) is 6.67. The first-order chi connectivity index (χ1) is 13.0. The van der Waals surface area contributed by atoms with Crippen molar-refractivity contribution in [1.29, 1.82) is 0 Å². The van der Waals surface area contributed by atoms with Crippen LogP contribution in [0.15, 0.2) is 48.4 Å². The molecule has 0 bridgehead atoms. The van der Waals surface area contributed by atoms with Crippen molar-refractivity contribution in [2.75, 3.05) is 7.11 Å². The zero-order valence-electron chi connectivity index (χ0n) is 14.3. The largest absolute Gasteiger partial charge is 0.496 e. The van der Waals surface area contributed by atoms with Crippen molar-refractivity contribution >= 4 is 29.1 Å². The zero-order chi connectivity index (χ0) is 19.4. The Bertz CT molecular complexity index is 986. The highest BCUT2D eigenvalue weighted by molar-refractivity contribution is 7.98. The maximum absolute atomic E-state index is 10.8. The Hall–Kier alpha value is -2.85.